The van der Waals surface area contributed by atoms with Crippen molar-refractivity contribution in [2.24, 2.45) is 59.2 Å². The van der Waals surface area contributed by atoms with Gasteiger partial charge in [-0.25, -0.2) is 0 Å². The molecule has 2 bridgehead atoms. The number of fused-ring (bicyclic) bond motifs is 2. The summed E-state index contributed by atoms with van der Waals surface area (Å²) in [6, 6.07) is 21.3. The molecule has 51 heavy (non-hydrogen) atoms. The van der Waals surface area contributed by atoms with E-state index in [-0.39, 0.29) is 0 Å². The number of hydrogen-bond donors (Lipinski definition) is 0. The molecule has 0 radical (unpaired) electrons. The molecule has 292 valence electrons. The highest BCUT2D eigenvalue weighted by molar-refractivity contribution is 5.15. The number of aryl methyl sites for hydroxylation is 1. The summed E-state index contributed by atoms with van der Waals surface area (Å²) in [7, 11) is 0. The summed E-state index contributed by atoms with van der Waals surface area (Å²) in [6.45, 7) is 29.4. The lowest BCUT2D eigenvalue weighted by atomic mass is 9.81. The molecule has 4 aliphatic rings. The van der Waals surface area contributed by atoms with E-state index in [0.29, 0.717) is 0 Å². The van der Waals surface area contributed by atoms with Crippen LogP contribution in [0.3, 0.4) is 0 Å². The Labute approximate surface area is 320 Å². The summed E-state index contributed by atoms with van der Waals surface area (Å²) in [5.74, 6) is 9.77. The van der Waals surface area contributed by atoms with Gasteiger partial charge in [0.2, 0.25) is 0 Å². The number of benzene rings is 2. The molecule has 3 saturated carbocycles. The molecule has 1 saturated heterocycles. The molecule has 0 N–H and O–H groups in total. The molecule has 2 aromatic carbocycles. The van der Waals surface area contributed by atoms with E-state index in [1.807, 2.05) is 0 Å². The van der Waals surface area contributed by atoms with Crippen LogP contribution >= 0.6 is 0 Å². The molecule has 1 heterocycles. The first-order valence-corrected chi connectivity index (χ1v) is 22.2. The maximum absolute atomic E-state index is 2.56. The van der Waals surface area contributed by atoms with Gasteiger partial charge in [0.1, 0.15) is 0 Å². The summed E-state index contributed by atoms with van der Waals surface area (Å²) in [5, 5.41) is 0. The quantitative estimate of drug-likeness (QED) is 0.238. The largest absolute Gasteiger partial charge is 0.303 e. The molecule has 0 aromatic heterocycles. The van der Waals surface area contributed by atoms with Crippen molar-refractivity contribution >= 4 is 0 Å². The van der Waals surface area contributed by atoms with Crippen LogP contribution in [0.25, 0.3) is 0 Å². The van der Waals surface area contributed by atoms with Crippen molar-refractivity contribution in [2.75, 3.05) is 19.6 Å². The van der Waals surface area contributed by atoms with Crippen LogP contribution in [0.2, 0.25) is 0 Å². The van der Waals surface area contributed by atoms with Crippen LogP contribution in [0.1, 0.15) is 164 Å². The second-order valence-electron chi connectivity index (χ2n) is 18.9. The number of rotatable bonds is 10. The van der Waals surface area contributed by atoms with Crippen molar-refractivity contribution in [2.45, 2.75) is 166 Å². The molecule has 0 amide bonds. The van der Waals surface area contributed by atoms with Gasteiger partial charge < -0.3 is 4.90 Å². The Kier molecular flexibility index (Phi) is 23.4. The Morgan fingerprint density at radius 2 is 1.22 bits per heavy atom. The molecule has 4 fully saturated rings. The summed E-state index contributed by atoms with van der Waals surface area (Å²) < 4.78 is 0. The SMILES string of the molecule is CC(C)C1CC2CCC1C2.CC(C)C1CCCCC1.CC(C)CCc1ccccc1.CC(C)Cc1ccccc1.CCN1CCC(CC(C)C)C1. The Balaban J connectivity index is 0.000000221. The minimum absolute atomic E-state index is 0.766. The summed E-state index contributed by atoms with van der Waals surface area (Å²) in [5.41, 5.74) is 2.90. The lowest BCUT2D eigenvalue weighted by Crippen LogP contribution is -2.20. The average Bonchev–Trinajstić information content (AvgIpc) is 3.88. The fourth-order valence-electron chi connectivity index (χ4n) is 9.16. The van der Waals surface area contributed by atoms with E-state index in [9.17, 15) is 0 Å². The molecule has 6 rings (SSSR count). The number of nitrogens with zero attached hydrogens (tertiary/aromatic N) is 1. The fourth-order valence-corrected chi connectivity index (χ4v) is 9.16. The van der Waals surface area contributed by atoms with Crippen molar-refractivity contribution < 1.29 is 0 Å². The summed E-state index contributed by atoms with van der Waals surface area (Å²) in [4.78, 5) is 2.56. The average molecular weight is 702 g/mol. The fraction of sp³-hybridized carbons (Fsp3) is 0.760. The topological polar surface area (TPSA) is 3.24 Å². The van der Waals surface area contributed by atoms with Crippen LogP contribution in [0.4, 0.5) is 0 Å². The van der Waals surface area contributed by atoms with Gasteiger partial charge in [0.25, 0.3) is 0 Å². The Hall–Kier alpha value is -1.60. The van der Waals surface area contributed by atoms with Gasteiger partial charge in [-0.05, 0) is 135 Å². The monoisotopic (exact) mass is 702 g/mol. The van der Waals surface area contributed by atoms with Crippen LogP contribution < -0.4 is 0 Å². The predicted molar refractivity (Wildman–Crippen MR) is 229 cm³/mol. The van der Waals surface area contributed by atoms with Crippen molar-refractivity contribution in [1.82, 2.24) is 4.90 Å². The molecular formula is C50H87N. The minimum atomic E-state index is 0.766. The van der Waals surface area contributed by atoms with Crippen molar-refractivity contribution in [1.29, 1.82) is 0 Å². The van der Waals surface area contributed by atoms with E-state index in [2.05, 4.69) is 142 Å². The van der Waals surface area contributed by atoms with Gasteiger partial charge >= 0.3 is 0 Å². The van der Waals surface area contributed by atoms with E-state index in [4.69, 9.17) is 0 Å². The lowest BCUT2D eigenvalue weighted by molar-refractivity contribution is 0.256. The van der Waals surface area contributed by atoms with E-state index >= 15 is 0 Å². The van der Waals surface area contributed by atoms with E-state index in [0.717, 1.165) is 59.2 Å². The normalized spacial score (nSPS) is 23.0. The van der Waals surface area contributed by atoms with Gasteiger partial charge in [-0.15, -0.1) is 0 Å². The third-order valence-electron chi connectivity index (χ3n) is 12.2. The zero-order valence-corrected chi connectivity index (χ0v) is 36.0. The Bertz CT molecular complexity index is 1060. The molecule has 4 atom stereocenters. The zero-order valence-electron chi connectivity index (χ0n) is 36.0. The van der Waals surface area contributed by atoms with Gasteiger partial charge in [-0.2, -0.15) is 0 Å². The Morgan fingerprint density at radius 1 is 0.608 bits per heavy atom. The van der Waals surface area contributed by atoms with Crippen molar-refractivity contribution in [3.8, 4) is 0 Å². The smallest absolute Gasteiger partial charge is 0.00101 e. The van der Waals surface area contributed by atoms with E-state index in [1.165, 1.54) is 95.0 Å². The first-order valence-electron chi connectivity index (χ1n) is 22.2. The number of hydrogen-bond acceptors (Lipinski definition) is 1. The Morgan fingerprint density at radius 3 is 1.61 bits per heavy atom. The van der Waals surface area contributed by atoms with Crippen LogP contribution in [0.15, 0.2) is 60.7 Å². The highest BCUT2D eigenvalue weighted by Gasteiger charge is 2.40. The molecule has 1 aliphatic heterocycles. The van der Waals surface area contributed by atoms with Crippen LogP contribution in [0.5, 0.6) is 0 Å². The third kappa shape index (κ3) is 20.4. The molecule has 1 nitrogen and oxygen atoms in total. The first-order chi connectivity index (χ1) is 24.4. The van der Waals surface area contributed by atoms with Crippen LogP contribution in [0, 0.1) is 59.2 Å². The second-order valence-corrected chi connectivity index (χ2v) is 18.9. The molecule has 4 unspecified atom stereocenters. The summed E-state index contributed by atoms with van der Waals surface area (Å²) in [6.07, 6.45) is 20.3. The maximum Gasteiger partial charge on any atom is 0.00101 e. The molecule has 3 aliphatic carbocycles. The van der Waals surface area contributed by atoms with Gasteiger partial charge in [-0.3, -0.25) is 0 Å². The summed E-state index contributed by atoms with van der Waals surface area (Å²) >= 11 is 0. The van der Waals surface area contributed by atoms with Crippen LogP contribution in [-0.2, 0) is 12.8 Å². The van der Waals surface area contributed by atoms with Crippen molar-refractivity contribution in [3.05, 3.63) is 71.8 Å². The number of likely N-dealkylation sites (tertiary alicyclic amines) is 1. The van der Waals surface area contributed by atoms with E-state index < -0.39 is 0 Å². The second kappa shape index (κ2) is 26.2. The minimum Gasteiger partial charge on any atom is -0.303 e. The molecule has 1 heteroatoms. The first kappa shape index (κ1) is 45.6. The highest BCUT2D eigenvalue weighted by Crippen LogP contribution is 2.50. The lowest BCUT2D eigenvalue weighted by Gasteiger charge is -2.24. The van der Waals surface area contributed by atoms with Crippen molar-refractivity contribution in [3.63, 3.8) is 0 Å². The maximum atomic E-state index is 2.56. The predicted octanol–water partition coefficient (Wildman–Crippen LogP) is 14.8. The zero-order chi connectivity index (χ0) is 37.6. The van der Waals surface area contributed by atoms with Crippen LogP contribution in [-0.4, -0.2) is 24.5 Å². The standard InChI is InChI=1S/C11H16.C10H21N.C10H18.C10H14.C9H18/c1-10(2)8-9-11-6-4-3-5-7-11;1-4-11-6-5-10(8-11)7-9(2)3;1-7(2)10-6-8-3-4-9(10)5-8;1-9(2)8-10-6-4-3-5-7-10;1-8(2)9-6-4-3-5-7-9/h3-7,10H,8-9H2,1-2H3;9-10H,4-8H2,1-3H3;7-10H,3-6H2,1-2H3;3-7,9H,8H2,1-2H3;8-9H,3-7H2,1-2H3. The highest BCUT2D eigenvalue weighted by atomic mass is 15.1. The van der Waals surface area contributed by atoms with Gasteiger partial charge in [0.05, 0.1) is 0 Å². The van der Waals surface area contributed by atoms with E-state index in [1.54, 1.807) is 25.7 Å². The molecule has 0 spiro atoms. The third-order valence-corrected chi connectivity index (χ3v) is 12.2. The molecular weight excluding hydrogens is 615 g/mol. The van der Waals surface area contributed by atoms with Gasteiger partial charge in [0, 0.05) is 6.54 Å². The van der Waals surface area contributed by atoms with Gasteiger partial charge in [0.15, 0.2) is 0 Å². The molecule has 2 aromatic rings. The van der Waals surface area contributed by atoms with Gasteiger partial charge in [-0.1, -0.05) is 175 Å².